The van der Waals surface area contributed by atoms with Crippen LogP contribution in [-0.2, 0) is 4.79 Å². The molecular weight excluding hydrogens is 272 g/mol. The van der Waals surface area contributed by atoms with Crippen LogP contribution in [0.2, 0.25) is 0 Å². The predicted octanol–water partition coefficient (Wildman–Crippen LogP) is 1.25. The maximum absolute atomic E-state index is 10.6. The fraction of sp³-hybridized carbons (Fsp3) is 0.533. The smallest absolute Gasteiger partial charge is 0.304 e. The molecule has 21 heavy (non-hydrogen) atoms. The van der Waals surface area contributed by atoms with Gasteiger partial charge in [-0.05, 0) is 19.1 Å². The van der Waals surface area contributed by atoms with E-state index in [1.54, 1.807) is 18.2 Å². The Bertz CT molecular complexity index is 478. The number of nitrogens with zero attached hydrogens (tertiary/aromatic N) is 2. The number of aliphatic carboxylic acids is 1. The van der Waals surface area contributed by atoms with Gasteiger partial charge in [0.1, 0.15) is 11.5 Å². The Labute approximate surface area is 124 Å². The van der Waals surface area contributed by atoms with Gasteiger partial charge in [-0.25, -0.2) is 0 Å². The summed E-state index contributed by atoms with van der Waals surface area (Å²) < 4.78 is 0. The summed E-state index contributed by atoms with van der Waals surface area (Å²) in [5, 5.41) is 28.6. The first-order valence-corrected chi connectivity index (χ1v) is 7.18. The molecule has 0 amide bonds. The van der Waals surface area contributed by atoms with Crippen LogP contribution in [0.3, 0.4) is 0 Å². The van der Waals surface area contributed by atoms with E-state index in [1.165, 1.54) is 0 Å². The molecule has 1 aliphatic heterocycles. The Morgan fingerprint density at radius 3 is 2.29 bits per heavy atom. The zero-order valence-electron chi connectivity index (χ0n) is 12.2. The van der Waals surface area contributed by atoms with Crippen LogP contribution in [0.25, 0.3) is 0 Å². The zero-order chi connectivity index (χ0) is 15.4. The molecule has 1 fully saturated rings. The van der Waals surface area contributed by atoms with Crippen LogP contribution in [0.5, 0.6) is 11.5 Å². The van der Waals surface area contributed by atoms with E-state index in [0.717, 1.165) is 26.2 Å². The van der Waals surface area contributed by atoms with E-state index in [-0.39, 0.29) is 24.0 Å². The molecule has 1 atom stereocenters. The molecule has 0 bridgehead atoms. The summed E-state index contributed by atoms with van der Waals surface area (Å²) in [6.45, 7) is 5.70. The van der Waals surface area contributed by atoms with E-state index in [1.807, 2.05) is 6.92 Å². The largest absolute Gasteiger partial charge is 0.507 e. The van der Waals surface area contributed by atoms with Crippen molar-refractivity contribution in [2.75, 3.05) is 32.7 Å². The highest BCUT2D eigenvalue weighted by Gasteiger charge is 2.25. The van der Waals surface area contributed by atoms with Crippen LogP contribution in [0, 0.1) is 0 Å². The van der Waals surface area contributed by atoms with E-state index in [0.29, 0.717) is 12.1 Å². The summed E-state index contributed by atoms with van der Waals surface area (Å²) in [7, 11) is 0. The molecule has 116 valence electrons. The molecule has 3 N–H and O–H groups in total. The lowest BCUT2D eigenvalue weighted by Crippen LogP contribution is -2.47. The minimum Gasteiger partial charge on any atom is -0.507 e. The van der Waals surface area contributed by atoms with Crippen molar-refractivity contribution < 1.29 is 20.1 Å². The lowest BCUT2D eigenvalue weighted by Gasteiger charge is -2.38. The summed E-state index contributed by atoms with van der Waals surface area (Å²) in [4.78, 5) is 14.9. The van der Waals surface area contributed by atoms with E-state index < -0.39 is 5.97 Å². The topological polar surface area (TPSA) is 84.2 Å². The minimum atomic E-state index is -0.773. The Morgan fingerprint density at radius 1 is 1.19 bits per heavy atom. The van der Waals surface area contributed by atoms with Gasteiger partial charge in [-0.3, -0.25) is 9.69 Å². The number of phenolic OH excluding ortho intramolecular Hbond substituents is 2. The number of hydrogen-bond acceptors (Lipinski definition) is 5. The molecule has 1 aliphatic rings. The third-order valence-electron chi connectivity index (χ3n) is 4.07. The first-order chi connectivity index (χ1) is 9.99. The van der Waals surface area contributed by atoms with Crippen molar-refractivity contribution in [3.05, 3.63) is 23.8 Å². The van der Waals surface area contributed by atoms with Crippen LogP contribution < -0.4 is 0 Å². The second-order valence-electron chi connectivity index (χ2n) is 5.41. The number of rotatable bonds is 5. The van der Waals surface area contributed by atoms with E-state index in [9.17, 15) is 15.0 Å². The molecule has 0 aliphatic carbocycles. The van der Waals surface area contributed by atoms with Gasteiger partial charge in [0.2, 0.25) is 0 Å². The maximum atomic E-state index is 10.6. The van der Waals surface area contributed by atoms with Gasteiger partial charge in [-0.2, -0.15) is 0 Å². The third-order valence-corrected chi connectivity index (χ3v) is 4.07. The molecular formula is C15H22N2O4. The summed E-state index contributed by atoms with van der Waals surface area (Å²) >= 11 is 0. The molecule has 6 nitrogen and oxygen atoms in total. The minimum absolute atomic E-state index is 0.0761. The summed E-state index contributed by atoms with van der Waals surface area (Å²) in [5.74, 6) is -0.559. The third kappa shape index (κ3) is 3.86. The summed E-state index contributed by atoms with van der Waals surface area (Å²) in [6, 6.07) is 4.70. The van der Waals surface area contributed by atoms with Crippen LogP contribution in [0.15, 0.2) is 18.2 Å². The Morgan fingerprint density at radius 2 is 1.76 bits per heavy atom. The average Bonchev–Trinajstić information content (AvgIpc) is 2.45. The molecule has 0 radical (unpaired) electrons. The highest BCUT2D eigenvalue weighted by Crippen LogP contribution is 2.35. The predicted molar refractivity (Wildman–Crippen MR) is 78.5 cm³/mol. The quantitative estimate of drug-likeness (QED) is 0.758. The van der Waals surface area contributed by atoms with Crippen LogP contribution in [0.1, 0.15) is 24.9 Å². The van der Waals surface area contributed by atoms with Crippen molar-refractivity contribution >= 4 is 5.97 Å². The van der Waals surface area contributed by atoms with Gasteiger partial charge in [-0.15, -0.1) is 0 Å². The van der Waals surface area contributed by atoms with Crippen molar-refractivity contribution in [3.8, 4) is 11.5 Å². The number of carboxylic acid groups (broad SMARTS) is 1. The molecule has 1 saturated heterocycles. The van der Waals surface area contributed by atoms with Gasteiger partial charge < -0.3 is 20.2 Å². The van der Waals surface area contributed by atoms with Crippen molar-refractivity contribution in [2.45, 2.75) is 19.4 Å². The zero-order valence-corrected chi connectivity index (χ0v) is 12.2. The highest BCUT2D eigenvalue weighted by molar-refractivity contribution is 5.66. The van der Waals surface area contributed by atoms with Crippen LogP contribution in [-0.4, -0.2) is 63.8 Å². The molecule has 0 spiro atoms. The number of hydrogen-bond donors (Lipinski definition) is 3. The lowest BCUT2D eigenvalue weighted by molar-refractivity contribution is -0.137. The van der Waals surface area contributed by atoms with Gasteiger partial charge in [0, 0.05) is 38.8 Å². The van der Waals surface area contributed by atoms with E-state index in [4.69, 9.17) is 5.11 Å². The Kier molecular flexibility index (Phi) is 5.03. The monoisotopic (exact) mass is 294 g/mol. The Balaban J connectivity index is 1.94. The summed E-state index contributed by atoms with van der Waals surface area (Å²) in [5.41, 5.74) is 0.552. The normalized spacial score (nSPS) is 18.5. The van der Waals surface area contributed by atoms with Gasteiger partial charge >= 0.3 is 5.97 Å². The number of carbonyl (C=O) groups is 1. The standard InChI is InChI=1S/C15H22N2O4/c1-11(15-12(18)3-2-4-13(15)19)17-9-7-16(8-10-17)6-5-14(20)21/h2-4,11,18-19H,5-10H2,1H3,(H,20,21). The van der Waals surface area contributed by atoms with Crippen molar-refractivity contribution in [3.63, 3.8) is 0 Å². The molecule has 1 aromatic rings. The number of phenols is 2. The summed E-state index contributed by atoms with van der Waals surface area (Å²) in [6.07, 6.45) is 0.163. The maximum Gasteiger partial charge on any atom is 0.304 e. The molecule has 6 heteroatoms. The first-order valence-electron chi connectivity index (χ1n) is 7.18. The van der Waals surface area contributed by atoms with E-state index in [2.05, 4.69) is 9.80 Å². The molecule has 1 heterocycles. The number of carboxylic acids is 1. The van der Waals surface area contributed by atoms with Crippen molar-refractivity contribution in [2.24, 2.45) is 0 Å². The fourth-order valence-electron chi connectivity index (χ4n) is 2.78. The average molecular weight is 294 g/mol. The second kappa shape index (κ2) is 6.78. The molecule has 2 rings (SSSR count). The van der Waals surface area contributed by atoms with Crippen LogP contribution >= 0.6 is 0 Å². The molecule has 0 saturated carbocycles. The van der Waals surface area contributed by atoms with Gasteiger partial charge in [0.25, 0.3) is 0 Å². The lowest BCUT2D eigenvalue weighted by atomic mass is 10.0. The Hall–Kier alpha value is -1.79. The first kappa shape index (κ1) is 15.6. The SMILES string of the molecule is CC(c1c(O)cccc1O)N1CCN(CCC(=O)O)CC1. The number of benzene rings is 1. The van der Waals surface area contributed by atoms with Gasteiger partial charge in [-0.1, -0.05) is 6.07 Å². The number of piperazine rings is 1. The number of aromatic hydroxyl groups is 2. The van der Waals surface area contributed by atoms with E-state index >= 15 is 0 Å². The van der Waals surface area contributed by atoms with Gasteiger partial charge in [0.15, 0.2) is 0 Å². The second-order valence-corrected chi connectivity index (χ2v) is 5.41. The molecule has 1 aromatic carbocycles. The fourth-order valence-corrected chi connectivity index (χ4v) is 2.78. The van der Waals surface area contributed by atoms with Crippen molar-refractivity contribution in [1.82, 2.24) is 9.80 Å². The van der Waals surface area contributed by atoms with Crippen LogP contribution in [0.4, 0.5) is 0 Å². The highest BCUT2D eigenvalue weighted by atomic mass is 16.4. The molecule has 1 unspecified atom stereocenters. The molecule has 0 aromatic heterocycles. The van der Waals surface area contributed by atoms with Gasteiger partial charge in [0.05, 0.1) is 12.0 Å². The van der Waals surface area contributed by atoms with Crippen molar-refractivity contribution in [1.29, 1.82) is 0 Å².